The Kier molecular flexibility index (Phi) is 7.71. The molecule has 0 bridgehead atoms. The van der Waals surface area contributed by atoms with Gasteiger partial charge in [-0.2, -0.15) is 0 Å². The van der Waals surface area contributed by atoms with Crippen molar-refractivity contribution < 1.29 is 10.2 Å². The van der Waals surface area contributed by atoms with E-state index in [0.717, 1.165) is 0 Å². The van der Waals surface area contributed by atoms with Crippen molar-refractivity contribution in [3.05, 3.63) is 0 Å². The molecule has 2 nitrogen and oxygen atoms in total. The highest BCUT2D eigenvalue weighted by atomic mass is 35.5. The summed E-state index contributed by atoms with van der Waals surface area (Å²) in [6.07, 6.45) is 0. The van der Waals surface area contributed by atoms with Gasteiger partial charge >= 0.3 is 0 Å². The molecule has 0 spiro atoms. The van der Waals surface area contributed by atoms with Gasteiger partial charge in [0.25, 0.3) is 0 Å². The lowest BCUT2D eigenvalue weighted by Crippen LogP contribution is -2.00. The molecular formula is C4H8Cl2O2S2. The normalized spacial score (nSPS) is 16.8. The Balaban J connectivity index is 2.91. The molecule has 0 saturated heterocycles. The van der Waals surface area contributed by atoms with E-state index in [1.165, 1.54) is 21.6 Å². The highest BCUT2D eigenvalue weighted by Crippen LogP contribution is 2.24. The zero-order valence-electron chi connectivity index (χ0n) is 5.04. The molecule has 0 aromatic heterocycles. The first-order chi connectivity index (χ1) is 4.63. The van der Waals surface area contributed by atoms with E-state index in [1.807, 2.05) is 0 Å². The quantitative estimate of drug-likeness (QED) is 0.421. The number of alkyl halides is 2. The maximum absolute atomic E-state index is 8.55. The van der Waals surface area contributed by atoms with E-state index in [4.69, 9.17) is 33.4 Å². The Morgan fingerprint density at radius 1 is 1.00 bits per heavy atom. The molecule has 2 atom stereocenters. The molecule has 0 heterocycles. The minimum absolute atomic E-state index is 0.440. The molecule has 62 valence electrons. The van der Waals surface area contributed by atoms with Crippen molar-refractivity contribution in [3.8, 4) is 0 Å². The van der Waals surface area contributed by atoms with Gasteiger partial charge in [-0.15, -0.1) is 0 Å². The van der Waals surface area contributed by atoms with E-state index in [9.17, 15) is 0 Å². The van der Waals surface area contributed by atoms with Crippen molar-refractivity contribution in [2.24, 2.45) is 0 Å². The number of aliphatic hydroxyl groups is 2. The summed E-state index contributed by atoms with van der Waals surface area (Å²) in [5.41, 5.74) is -1.63. The van der Waals surface area contributed by atoms with Crippen molar-refractivity contribution in [2.45, 2.75) is 11.1 Å². The molecule has 0 saturated carbocycles. The highest BCUT2D eigenvalue weighted by molar-refractivity contribution is 8.76. The molecule has 2 unspecified atom stereocenters. The summed E-state index contributed by atoms with van der Waals surface area (Å²) in [6.45, 7) is 0. The first kappa shape index (κ1) is 11.2. The van der Waals surface area contributed by atoms with Gasteiger partial charge in [0.15, 0.2) is 0 Å². The van der Waals surface area contributed by atoms with Gasteiger partial charge in [-0.05, 0) is 0 Å². The summed E-state index contributed by atoms with van der Waals surface area (Å²) in [7, 11) is 2.76. The zero-order valence-corrected chi connectivity index (χ0v) is 8.18. The Morgan fingerprint density at radius 3 is 1.50 bits per heavy atom. The van der Waals surface area contributed by atoms with Crippen molar-refractivity contribution in [1.29, 1.82) is 0 Å². The smallest absolute Gasteiger partial charge is 0.137 e. The second-order valence-corrected chi connectivity index (χ2v) is 5.00. The molecule has 6 heteroatoms. The van der Waals surface area contributed by atoms with Gasteiger partial charge in [0, 0.05) is 11.5 Å². The molecule has 0 aliphatic carbocycles. The Hall–Kier alpha value is 1.20. The van der Waals surface area contributed by atoms with Crippen LogP contribution < -0.4 is 0 Å². The summed E-state index contributed by atoms with van der Waals surface area (Å²) in [5, 5.41) is 17.1. The van der Waals surface area contributed by atoms with Crippen LogP contribution in [-0.4, -0.2) is 32.8 Å². The third-order valence-corrected chi connectivity index (χ3v) is 3.56. The number of hydrogen-bond acceptors (Lipinski definition) is 4. The molecule has 2 N–H and O–H groups in total. The van der Waals surface area contributed by atoms with Crippen LogP contribution in [0.15, 0.2) is 0 Å². The van der Waals surface area contributed by atoms with E-state index in [0.29, 0.717) is 11.5 Å². The fraction of sp³-hybridized carbons (Fsp3) is 1.00. The van der Waals surface area contributed by atoms with E-state index in [1.54, 1.807) is 0 Å². The minimum Gasteiger partial charge on any atom is -0.377 e. The van der Waals surface area contributed by atoms with Gasteiger partial charge < -0.3 is 10.2 Å². The summed E-state index contributed by atoms with van der Waals surface area (Å²) in [4.78, 5) is 0. The third-order valence-electron chi connectivity index (χ3n) is 0.494. The third kappa shape index (κ3) is 9.20. The first-order valence-corrected chi connectivity index (χ1v) is 5.87. The second kappa shape index (κ2) is 6.88. The van der Waals surface area contributed by atoms with Gasteiger partial charge in [0.05, 0.1) is 0 Å². The van der Waals surface area contributed by atoms with Crippen molar-refractivity contribution in [3.63, 3.8) is 0 Å². The Morgan fingerprint density at radius 2 is 1.30 bits per heavy atom. The molecule has 0 aromatic rings. The molecule has 0 rings (SSSR count). The summed E-state index contributed by atoms with van der Waals surface area (Å²) < 4.78 is 0. The number of hydrogen-bond donors (Lipinski definition) is 2. The molecule has 0 aliphatic rings. The second-order valence-electron chi connectivity index (χ2n) is 1.44. The van der Waals surface area contributed by atoms with Gasteiger partial charge in [-0.25, -0.2) is 0 Å². The fourth-order valence-electron chi connectivity index (χ4n) is 0.209. The van der Waals surface area contributed by atoms with Crippen molar-refractivity contribution >= 4 is 44.8 Å². The molecular weight excluding hydrogens is 215 g/mol. The summed E-state index contributed by atoms with van der Waals surface area (Å²) in [5.74, 6) is 0.881. The van der Waals surface area contributed by atoms with Crippen LogP contribution in [-0.2, 0) is 0 Å². The van der Waals surface area contributed by atoms with E-state index >= 15 is 0 Å². The molecule has 0 aliphatic heterocycles. The minimum atomic E-state index is -0.815. The topological polar surface area (TPSA) is 40.5 Å². The SMILES string of the molecule is OC(Cl)CSSCC(O)Cl. The van der Waals surface area contributed by atoms with Crippen LogP contribution in [0.5, 0.6) is 0 Å². The van der Waals surface area contributed by atoms with E-state index in [-0.39, 0.29) is 0 Å². The fourth-order valence-corrected chi connectivity index (χ4v) is 2.80. The van der Waals surface area contributed by atoms with Crippen molar-refractivity contribution in [2.75, 3.05) is 11.5 Å². The molecule has 10 heavy (non-hydrogen) atoms. The van der Waals surface area contributed by atoms with Crippen LogP contribution in [0.25, 0.3) is 0 Å². The van der Waals surface area contributed by atoms with Crippen LogP contribution in [0.3, 0.4) is 0 Å². The maximum atomic E-state index is 8.55. The standard InChI is InChI=1S/C4H8Cl2O2S2/c5-3(7)1-9-10-2-4(6)8/h3-4,7-8H,1-2H2. The molecule has 0 radical (unpaired) electrons. The van der Waals surface area contributed by atoms with Crippen LogP contribution in [0, 0.1) is 0 Å². The zero-order chi connectivity index (χ0) is 7.98. The lowest BCUT2D eigenvalue weighted by Gasteiger charge is -2.01. The van der Waals surface area contributed by atoms with Gasteiger partial charge in [0.1, 0.15) is 11.1 Å². The predicted octanol–water partition coefficient (Wildman–Crippen LogP) is 1.48. The van der Waals surface area contributed by atoms with Gasteiger partial charge in [-0.3, -0.25) is 0 Å². The largest absolute Gasteiger partial charge is 0.377 e. The predicted molar refractivity (Wildman–Crippen MR) is 48.6 cm³/mol. The van der Waals surface area contributed by atoms with E-state index < -0.39 is 11.1 Å². The van der Waals surface area contributed by atoms with Crippen LogP contribution in [0.2, 0.25) is 0 Å². The van der Waals surface area contributed by atoms with Crippen molar-refractivity contribution in [1.82, 2.24) is 0 Å². The van der Waals surface area contributed by atoms with Gasteiger partial charge in [-0.1, -0.05) is 44.8 Å². The lowest BCUT2D eigenvalue weighted by atomic mass is 10.9. The average molecular weight is 223 g/mol. The maximum Gasteiger partial charge on any atom is 0.137 e. The molecule has 0 fully saturated rings. The lowest BCUT2D eigenvalue weighted by molar-refractivity contribution is 0.280. The van der Waals surface area contributed by atoms with Gasteiger partial charge in [0.2, 0.25) is 0 Å². The van der Waals surface area contributed by atoms with E-state index in [2.05, 4.69) is 0 Å². The molecule has 0 aromatic carbocycles. The molecule has 0 amide bonds. The van der Waals surface area contributed by atoms with Crippen LogP contribution in [0.4, 0.5) is 0 Å². The summed E-state index contributed by atoms with van der Waals surface area (Å²) in [6, 6.07) is 0. The number of halogens is 2. The van der Waals surface area contributed by atoms with Crippen LogP contribution in [0.1, 0.15) is 0 Å². The highest BCUT2D eigenvalue weighted by Gasteiger charge is 2.01. The number of aliphatic hydroxyl groups excluding tert-OH is 2. The van der Waals surface area contributed by atoms with Crippen LogP contribution >= 0.6 is 44.8 Å². The first-order valence-electron chi connectivity index (χ1n) is 2.51. The Labute approximate surface area is 77.7 Å². The summed E-state index contributed by atoms with van der Waals surface area (Å²) >= 11 is 10.4. The monoisotopic (exact) mass is 222 g/mol. The Bertz CT molecular complexity index is 71.7. The number of rotatable bonds is 5. The average Bonchev–Trinajstić information content (AvgIpc) is 1.79.